The van der Waals surface area contributed by atoms with Crippen LogP contribution in [0.2, 0.25) is 0 Å². The molecule has 6 heteroatoms. The Bertz CT molecular complexity index is 167. The molecule has 0 aromatic carbocycles. The normalized spacial score (nSPS) is 12.0. The van der Waals surface area contributed by atoms with Gasteiger partial charge in [-0.25, -0.2) is 0 Å². The smallest absolute Gasteiger partial charge is 0.0623 e. The first-order valence-corrected chi connectivity index (χ1v) is 9.10. The topological polar surface area (TPSA) is 6.48 Å². The second-order valence-electron chi connectivity index (χ2n) is 4.45. The molecule has 0 amide bonds. The molecule has 0 unspecified atom stereocenters. The Morgan fingerprint density at radius 1 is 0.737 bits per heavy atom. The van der Waals surface area contributed by atoms with E-state index < -0.39 is 0 Å². The van der Waals surface area contributed by atoms with E-state index in [1.165, 1.54) is 12.8 Å². The number of nitrogens with zero attached hydrogens (tertiary/aromatic N) is 2. The molecule has 0 heterocycles. The van der Waals surface area contributed by atoms with Gasteiger partial charge in [-0.1, -0.05) is 19.8 Å². The zero-order valence-corrected chi connectivity index (χ0v) is 14.8. The molecule has 0 aromatic rings. The summed E-state index contributed by atoms with van der Waals surface area (Å²) in [5.41, 5.74) is 0. The third-order valence-electron chi connectivity index (χ3n) is 3.15. The second-order valence-corrected chi connectivity index (χ2v) is 5.96. The number of alkyl halides is 4. The van der Waals surface area contributed by atoms with Crippen molar-refractivity contribution < 1.29 is 0 Å². The lowest BCUT2D eigenvalue weighted by Gasteiger charge is -2.39. The zero-order chi connectivity index (χ0) is 14.5. The largest absolute Gasteiger partial charge is 0.285 e. The highest BCUT2D eigenvalue weighted by molar-refractivity contribution is 6.18. The van der Waals surface area contributed by atoms with Crippen molar-refractivity contribution in [2.75, 3.05) is 49.7 Å². The number of hydrogen-bond acceptors (Lipinski definition) is 2. The van der Waals surface area contributed by atoms with Gasteiger partial charge < -0.3 is 0 Å². The van der Waals surface area contributed by atoms with Crippen molar-refractivity contribution in [1.82, 2.24) is 9.80 Å². The third kappa shape index (κ3) is 8.85. The van der Waals surface area contributed by atoms with Crippen LogP contribution in [0.1, 0.15) is 26.2 Å². The molecular weight excluding hydrogens is 326 g/mol. The van der Waals surface area contributed by atoms with Crippen LogP contribution in [-0.4, -0.2) is 65.7 Å². The van der Waals surface area contributed by atoms with E-state index in [0.717, 1.165) is 32.6 Å². The summed E-state index contributed by atoms with van der Waals surface area (Å²) < 4.78 is 0. The van der Waals surface area contributed by atoms with Crippen LogP contribution in [0.3, 0.4) is 0 Å². The SMILES string of the molecule is CCCCC(N(CCCl)CCCl)N(CCCl)CCCl. The van der Waals surface area contributed by atoms with Crippen LogP contribution in [-0.2, 0) is 0 Å². The van der Waals surface area contributed by atoms with Gasteiger partial charge in [-0.05, 0) is 6.42 Å². The highest BCUT2D eigenvalue weighted by Crippen LogP contribution is 2.15. The summed E-state index contributed by atoms with van der Waals surface area (Å²) in [6, 6.07) is 0. The van der Waals surface area contributed by atoms with E-state index in [2.05, 4.69) is 16.7 Å². The molecule has 19 heavy (non-hydrogen) atoms. The fraction of sp³-hybridized carbons (Fsp3) is 1.00. The Morgan fingerprint density at radius 2 is 1.11 bits per heavy atom. The Labute approximate surface area is 138 Å². The van der Waals surface area contributed by atoms with Gasteiger partial charge in [-0.15, -0.1) is 46.4 Å². The second kappa shape index (κ2) is 14.0. The molecule has 2 nitrogen and oxygen atoms in total. The van der Waals surface area contributed by atoms with Crippen LogP contribution < -0.4 is 0 Å². The van der Waals surface area contributed by atoms with E-state index in [9.17, 15) is 0 Å². The predicted octanol–water partition coefficient (Wildman–Crippen LogP) is 4.06. The van der Waals surface area contributed by atoms with E-state index in [-0.39, 0.29) is 0 Å². The van der Waals surface area contributed by atoms with Crippen molar-refractivity contribution in [3.8, 4) is 0 Å². The van der Waals surface area contributed by atoms with Gasteiger partial charge in [0.1, 0.15) is 0 Å². The summed E-state index contributed by atoms with van der Waals surface area (Å²) in [7, 11) is 0. The van der Waals surface area contributed by atoms with Crippen LogP contribution in [0.5, 0.6) is 0 Å². The number of halogens is 4. The van der Waals surface area contributed by atoms with Gasteiger partial charge in [0.25, 0.3) is 0 Å². The molecule has 0 aliphatic carbocycles. The third-order valence-corrected chi connectivity index (χ3v) is 3.82. The van der Waals surface area contributed by atoms with Crippen LogP contribution in [0, 0.1) is 0 Å². The Kier molecular flexibility index (Phi) is 14.8. The number of rotatable bonds is 13. The lowest BCUT2D eigenvalue weighted by molar-refractivity contribution is 0.0509. The maximum Gasteiger partial charge on any atom is 0.0623 e. The minimum Gasteiger partial charge on any atom is -0.285 e. The summed E-state index contributed by atoms with van der Waals surface area (Å²) >= 11 is 23.7. The van der Waals surface area contributed by atoms with E-state index in [0.29, 0.717) is 29.7 Å². The van der Waals surface area contributed by atoms with Gasteiger partial charge in [-0.3, -0.25) is 9.80 Å². The molecule has 0 spiro atoms. The van der Waals surface area contributed by atoms with Crippen molar-refractivity contribution in [1.29, 1.82) is 0 Å². The fourth-order valence-corrected chi connectivity index (χ4v) is 3.11. The molecule has 0 saturated carbocycles. The Morgan fingerprint density at radius 3 is 1.37 bits per heavy atom. The maximum absolute atomic E-state index is 5.91. The fourth-order valence-electron chi connectivity index (χ4n) is 2.24. The Balaban J connectivity index is 4.76. The lowest BCUT2D eigenvalue weighted by Crippen LogP contribution is -2.51. The highest BCUT2D eigenvalue weighted by atomic mass is 35.5. The zero-order valence-electron chi connectivity index (χ0n) is 11.8. The Hall–Kier alpha value is 1.08. The van der Waals surface area contributed by atoms with Gasteiger partial charge in [0.05, 0.1) is 6.17 Å². The first-order valence-electron chi connectivity index (χ1n) is 6.97. The monoisotopic (exact) mass is 350 g/mol. The molecule has 0 N–H and O–H groups in total. The summed E-state index contributed by atoms with van der Waals surface area (Å²) in [6.45, 7) is 5.61. The van der Waals surface area contributed by atoms with E-state index >= 15 is 0 Å². The standard InChI is InChI=1S/C13H26Cl4N2/c1-2-3-4-13(18(9-5-14)10-6-15)19(11-7-16)12-8-17/h13H,2-12H2,1H3. The van der Waals surface area contributed by atoms with Crippen molar-refractivity contribution >= 4 is 46.4 Å². The molecule has 0 fully saturated rings. The predicted molar refractivity (Wildman–Crippen MR) is 89.3 cm³/mol. The van der Waals surface area contributed by atoms with Gasteiger partial charge in [0.15, 0.2) is 0 Å². The van der Waals surface area contributed by atoms with Crippen molar-refractivity contribution in [2.45, 2.75) is 32.4 Å². The quantitative estimate of drug-likeness (QED) is 0.364. The van der Waals surface area contributed by atoms with Crippen LogP contribution in [0.15, 0.2) is 0 Å². The lowest BCUT2D eigenvalue weighted by atomic mass is 10.1. The van der Waals surface area contributed by atoms with Gasteiger partial charge >= 0.3 is 0 Å². The van der Waals surface area contributed by atoms with Gasteiger partial charge in [-0.2, -0.15) is 0 Å². The summed E-state index contributed by atoms with van der Waals surface area (Å²) in [6.07, 6.45) is 3.82. The van der Waals surface area contributed by atoms with E-state index in [1.54, 1.807) is 0 Å². The maximum atomic E-state index is 5.91. The molecule has 116 valence electrons. The van der Waals surface area contributed by atoms with Gasteiger partial charge in [0.2, 0.25) is 0 Å². The number of unbranched alkanes of at least 4 members (excludes halogenated alkanes) is 1. The molecule has 0 rings (SSSR count). The minimum absolute atomic E-state index is 0.343. The van der Waals surface area contributed by atoms with Crippen molar-refractivity contribution in [3.63, 3.8) is 0 Å². The molecular formula is C13H26Cl4N2. The molecule has 0 atom stereocenters. The van der Waals surface area contributed by atoms with Crippen LogP contribution in [0.4, 0.5) is 0 Å². The number of hydrogen-bond donors (Lipinski definition) is 0. The average molecular weight is 352 g/mol. The van der Waals surface area contributed by atoms with Crippen molar-refractivity contribution in [3.05, 3.63) is 0 Å². The van der Waals surface area contributed by atoms with Crippen molar-refractivity contribution in [2.24, 2.45) is 0 Å². The molecule has 0 radical (unpaired) electrons. The molecule has 0 aromatic heterocycles. The highest BCUT2D eigenvalue weighted by Gasteiger charge is 2.23. The van der Waals surface area contributed by atoms with E-state index in [1.807, 2.05) is 0 Å². The summed E-state index contributed by atoms with van der Waals surface area (Å²) in [5, 5.41) is 0. The summed E-state index contributed by atoms with van der Waals surface area (Å²) in [4.78, 5) is 4.71. The minimum atomic E-state index is 0.343. The summed E-state index contributed by atoms with van der Waals surface area (Å²) in [5.74, 6) is 2.48. The first kappa shape index (κ1) is 20.1. The average Bonchev–Trinajstić information content (AvgIpc) is 2.40. The molecule has 0 saturated heterocycles. The van der Waals surface area contributed by atoms with Crippen LogP contribution in [0.25, 0.3) is 0 Å². The van der Waals surface area contributed by atoms with Crippen LogP contribution >= 0.6 is 46.4 Å². The molecule has 0 bridgehead atoms. The van der Waals surface area contributed by atoms with E-state index in [4.69, 9.17) is 46.4 Å². The molecule has 0 aliphatic rings. The van der Waals surface area contributed by atoms with Gasteiger partial charge in [0, 0.05) is 49.7 Å². The first-order chi connectivity index (χ1) is 9.24. The molecule has 0 aliphatic heterocycles.